The predicted octanol–water partition coefficient (Wildman–Crippen LogP) is 6.44. The van der Waals surface area contributed by atoms with Gasteiger partial charge in [-0.15, -0.1) is 0 Å². The Hall–Kier alpha value is -3.69. The van der Waals surface area contributed by atoms with Crippen LogP contribution in [0.4, 0.5) is 17.6 Å². The molecule has 8 nitrogen and oxygen atoms in total. The molecule has 0 unspecified atom stereocenters. The van der Waals surface area contributed by atoms with Gasteiger partial charge in [-0.25, -0.2) is 30.7 Å². The summed E-state index contributed by atoms with van der Waals surface area (Å²) in [6.07, 6.45) is 7.43. The van der Waals surface area contributed by atoms with Crippen molar-refractivity contribution >= 4 is 10.0 Å². The van der Waals surface area contributed by atoms with Crippen LogP contribution in [0.25, 0.3) is 0 Å². The van der Waals surface area contributed by atoms with Gasteiger partial charge in [-0.3, -0.25) is 0 Å². The zero-order valence-corrected chi connectivity index (χ0v) is 34.4. The number of halogens is 4. The summed E-state index contributed by atoms with van der Waals surface area (Å²) >= 11 is 0. The minimum absolute atomic E-state index is 0.0359. The molecule has 2 aliphatic rings. The number of hydrogen-bond acceptors (Lipinski definition) is 7. The van der Waals surface area contributed by atoms with E-state index in [1.54, 1.807) is 0 Å². The first-order chi connectivity index (χ1) is 27.6. The van der Waals surface area contributed by atoms with Crippen molar-refractivity contribution in [2.45, 2.75) is 114 Å². The van der Waals surface area contributed by atoms with E-state index in [1.807, 2.05) is 0 Å². The zero-order valence-electron chi connectivity index (χ0n) is 33.6. The average Bonchev–Trinajstić information content (AvgIpc) is 3.17. The number of rotatable bonds is 16. The average molecular weight is 827 g/mol. The maximum atomic E-state index is 13.6. The van der Waals surface area contributed by atoms with Crippen LogP contribution in [0.15, 0.2) is 72.8 Å². The molecule has 0 radical (unpaired) electrons. The molecule has 6 atom stereocenters. The Kier molecular flexibility index (Phi) is 16.5. The van der Waals surface area contributed by atoms with Crippen molar-refractivity contribution < 1.29 is 36.2 Å². The second-order valence-corrected chi connectivity index (χ2v) is 17.5. The van der Waals surface area contributed by atoms with Crippen LogP contribution in [0.2, 0.25) is 0 Å². The molecule has 0 aliphatic heterocycles. The molecule has 13 heteroatoms. The van der Waals surface area contributed by atoms with Crippen LogP contribution in [0.1, 0.15) is 96.1 Å². The summed E-state index contributed by atoms with van der Waals surface area (Å²) in [5.41, 5.74) is 14.5. The minimum Gasteiger partial charge on any atom is -0.390 e. The molecule has 6 rings (SSSR count). The van der Waals surface area contributed by atoms with Crippen molar-refractivity contribution in [2.24, 2.45) is 5.73 Å². The van der Waals surface area contributed by atoms with E-state index in [9.17, 15) is 36.2 Å². The highest BCUT2D eigenvalue weighted by molar-refractivity contribution is 7.88. The van der Waals surface area contributed by atoms with E-state index in [-0.39, 0.29) is 37.0 Å². The van der Waals surface area contributed by atoms with E-state index in [1.165, 1.54) is 45.5 Å². The number of aliphatic hydroxyl groups is 2. The molecule has 0 saturated carbocycles. The van der Waals surface area contributed by atoms with Gasteiger partial charge in [0.05, 0.1) is 24.5 Å². The molecule has 0 saturated heterocycles. The lowest BCUT2D eigenvalue weighted by Gasteiger charge is -2.30. The molecule has 4 aromatic carbocycles. The molecule has 316 valence electrons. The Labute approximate surface area is 340 Å². The molecule has 4 aromatic rings. The van der Waals surface area contributed by atoms with Gasteiger partial charge in [0, 0.05) is 43.3 Å². The Balaban J connectivity index is 0.000000223. The molecule has 0 spiro atoms. The van der Waals surface area contributed by atoms with Gasteiger partial charge in [-0.05, 0) is 133 Å². The van der Waals surface area contributed by atoms with Crippen molar-refractivity contribution in [3.63, 3.8) is 0 Å². The SMILES string of the molecule is CCc1ccc2c(c1)[C@@H](NC[C@@H](O)[C@@H](N)Cc1cc(F)cc(F)c1)CCC2.CCc1ccc2c(c1)[C@@H](NC[C@@H](O)[C@H](Cc1cc(F)cc(F)c1)NS(C)(=O)=O)CCC2. The van der Waals surface area contributed by atoms with E-state index in [0.29, 0.717) is 12.1 Å². The highest BCUT2D eigenvalue weighted by Gasteiger charge is 2.27. The Bertz CT molecular complexity index is 2050. The first kappa shape index (κ1) is 45.4. The fourth-order valence-electron chi connectivity index (χ4n) is 8.03. The third kappa shape index (κ3) is 13.4. The lowest BCUT2D eigenvalue weighted by molar-refractivity contribution is 0.130. The van der Waals surface area contributed by atoms with Crippen LogP contribution in [-0.4, -0.2) is 62.3 Å². The predicted molar refractivity (Wildman–Crippen MR) is 221 cm³/mol. The van der Waals surface area contributed by atoms with Crippen molar-refractivity contribution in [1.29, 1.82) is 0 Å². The number of aliphatic hydroxyl groups excluding tert-OH is 2. The lowest BCUT2D eigenvalue weighted by atomic mass is 9.86. The Morgan fingerprint density at radius 2 is 1.09 bits per heavy atom. The number of aryl methyl sites for hydroxylation is 4. The smallest absolute Gasteiger partial charge is 0.209 e. The Morgan fingerprint density at radius 1 is 0.655 bits per heavy atom. The molecule has 0 amide bonds. The summed E-state index contributed by atoms with van der Waals surface area (Å²) in [7, 11) is -3.63. The Morgan fingerprint density at radius 3 is 1.52 bits per heavy atom. The first-order valence-corrected chi connectivity index (χ1v) is 22.2. The van der Waals surface area contributed by atoms with E-state index >= 15 is 0 Å². The number of benzene rings is 4. The van der Waals surface area contributed by atoms with E-state index in [0.717, 1.165) is 81.9 Å². The number of nitrogens with two attached hydrogens (primary N) is 1. The highest BCUT2D eigenvalue weighted by atomic mass is 32.2. The molecule has 0 heterocycles. The number of sulfonamides is 1. The van der Waals surface area contributed by atoms with Gasteiger partial charge in [0.2, 0.25) is 10.0 Å². The largest absolute Gasteiger partial charge is 0.390 e. The van der Waals surface area contributed by atoms with Crippen LogP contribution < -0.4 is 21.1 Å². The highest BCUT2D eigenvalue weighted by Crippen LogP contribution is 2.32. The number of fused-ring (bicyclic) bond motifs is 2. The second-order valence-electron chi connectivity index (χ2n) is 15.7. The molecule has 0 bridgehead atoms. The standard InChI is InChI=1S/C23H30F2N2O3S.C22H28F2N2O/c1-3-15-7-8-17-5-4-6-21(20(17)11-15)26-14-23(28)22(27-31(2,29)30)12-16-9-18(24)13-19(25)10-16;1-2-14-6-7-16-4-3-5-21(19(16)10-14)26-13-22(27)20(25)11-15-8-17(23)12-18(24)9-15/h7-11,13,21-23,26-28H,3-6,12,14H2,1-2H3;6-10,12,20-22,26-27H,2-5,11,13,25H2,1H3/t21-,22-,23+;20-,21-,22+/m00/s1. The van der Waals surface area contributed by atoms with Gasteiger partial charge in [-0.1, -0.05) is 50.2 Å². The van der Waals surface area contributed by atoms with Crippen LogP contribution in [0.3, 0.4) is 0 Å². The van der Waals surface area contributed by atoms with Crippen molar-refractivity contribution in [1.82, 2.24) is 15.4 Å². The van der Waals surface area contributed by atoms with E-state index in [2.05, 4.69) is 65.6 Å². The molecular weight excluding hydrogens is 769 g/mol. The third-order valence-corrected chi connectivity index (χ3v) is 11.8. The summed E-state index contributed by atoms with van der Waals surface area (Å²) in [5.74, 6) is -2.75. The molecule has 2 aliphatic carbocycles. The minimum atomic E-state index is -3.63. The molecule has 0 aromatic heterocycles. The van der Waals surface area contributed by atoms with Gasteiger partial charge in [0.15, 0.2) is 0 Å². The molecule has 7 N–H and O–H groups in total. The van der Waals surface area contributed by atoms with Gasteiger partial charge in [0.25, 0.3) is 0 Å². The van der Waals surface area contributed by atoms with Crippen molar-refractivity contribution in [3.05, 3.63) is 141 Å². The maximum Gasteiger partial charge on any atom is 0.209 e. The third-order valence-electron chi connectivity index (χ3n) is 11.1. The van der Waals surface area contributed by atoms with Gasteiger partial charge < -0.3 is 26.6 Å². The van der Waals surface area contributed by atoms with Crippen molar-refractivity contribution in [3.8, 4) is 0 Å². The summed E-state index contributed by atoms with van der Waals surface area (Å²) in [5, 5.41) is 28.0. The number of hydrogen-bond donors (Lipinski definition) is 6. The summed E-state index contributed by atoms with van der Waals surface area (Å²) in [4.78, 5) is 0. The first-order valence-electron chi connectivity index (χ1n) is 20.3. The fraction of sp³-hybridized carbons (Fsp3) is 0.467. The van der Waals surface area contributed by atoms with Gasteiger partial charge >= 0.3 is 0 Å². The van der Waals surface area contributed by atoms with Gasteiger partial charge in [0.1, 0.15) is 23.3 Å². The van der Waals surface area contributed by atoms with E-state index in [4.69, 9.17) is 5.73 Å². The van der Waals surface area contributed by atoms with Crippen LogP contribution >= 0.6 is 0 Å². The van der Waals surface area contributed by atoms with Crippen LogP contribution in [0, 0.1) is 23.3 Å². The van der Waals surface area contributed by atoms with Crippen LogP contribution in [0.5, 0.6) is 0 Å². The second kappa shape index (κ2) is 21.0. The monoisotopic (exact) mass is 826 g/mol. The molecule has 58 heavy (non-hydrogen) atoms. The lowest BCUT2D eigenvalue weighted by Crippen LogP contribution is -2.49. The van der Waals surface area contributed by atoms with Crippen molar-refractivity contribution in [2.75, 3.05) is 19.3 Å². The zero-order chi connectivity index (χ0) is 42.0. The summed E-state index contributed by atoms with van der Waals surface area (Å²) in [6, 6.07) is 18.3. The quantitative estimate of drug-likeness (QED) is 0.0716. The van der Waals surface area contributed by atoms with Crippen LogP contribution in [-0.2, 0) is 48.5 Å². The topological polar surface area (TPSA) is 137 Å². The number of nitrogens with one attached hydrogen (secondary N) is 3. The normalized spacial score (nSPS) is 18.6. The van der Waals surface area contributed by atoms with E-state index < -0.39 is 57.6 Å². The molecule has 0 fully saturated rings. The summed E-state index contributed by atoms with van der Waals surface area (Å²) in [6.45, 7) is 4.74. The summed E-state index contributed by atoms with van der Waals surface area (Å²) < 4.78 is 79.8. The van der Waals surface area contributed by atoms with Gasteiger partial charge in [-0.2, -0.15) is 0 Å². The molecular formula is C45H58F4N4O4S. The fourth-order valence-corrected chi connectivity index (χ4v) is 8.82. The maximum absolute atomic E-state index is 13.6.